The number of halogens is 1. The van der Waals surface area contributed by atoms with Crippen LogP contribution in [-0.4, -0.2) is 52.9 Å². The molecule has 0 spiro atoms. The lowest BCUT2D eigenvalue weighted by molar-refractivity contribution is -0.252. The van der Waals surface area contributed by atoms with Gasteiger partial charge in [0.15, 0.2) is 0 Å². The van der Waals surface area contributed by atoms with Crippen molar-refractivity contribution < 1.29 is 24.8 Å². The van der Waals surface area contributed by atoms with Gasteiger partial charge in [0.25, 0.3) is 5.91 Å². The van der Waals surface area contributed by atoms with Gasteiger partial charge in [0.1, 0.15) is 6.04 Å². The quantitative estimate of drug-likeness (QED) is 0.252. The van der Waals surface area contributed by atoms with E-state index in [0.717, 1.165) is 49.2 Å². The van der Waals surface area contributed by atoms with Gasteiger partial charge in [-0.1, -0.05) is 72.3 Å². The van der Waals surface area contributed by atoms with Crippen LogP contribution in [0.25, 0.3) is 11.1 Å². The molecule has 7 nitrogen and oxygen atoms in total. The van der Waals surface area contributed by atoms with E-state index >= 15 is 0 Å². The van der Waals surface area contributed by atoms with E-state index in [2.05, 4.69) is 27.2 Å². The molecule has 4 rings (SSSR count). The molecule has 3 aromatic rings. The fourth-order valence-electron chi connectivity index (χ4n) is 4.73. The molecule has 1 fully saturated rings. The number of amides is 1. The van der Waals surface area contributed by atoms with Gasteiger partial charge >= 0.3 is 5.97 Å². The SMILES string of the molecule is O=C(NC(Cc1ccc(-c2ccccc2CN2CCC(COO)CC2)cc1)C(=O)O)c1ccccc1Cl. The molecule has 3 aromatic carbocycles. The minimum absolute atomic E-state index is 0.153. The van der Waals surface area contributed by atoms with Crippen LogP contribution in [-0.2, 0) is 22.6 Å². The van der Waals surface area contributed by atoms with E-state index in [1.165, 1.54) is 5.56 Å². The van der Waals surface area contributed by atoms with E-state index in [4.69, 9.17) is 16.9 Å². The molecule has 0 saturated carbocycles. The molecule has 0 radical (unpaired) electrons. The molecule has 37 heavy (non-hydrogen) atoms. The predicted molar refractivity (Wildman–Crippen MR) is 143 cm³/mol. The van der Waals surface area contributed by atoms with Crippen molar-refractivity contribution in [2.45, 2.75) is 31.8 Å². The highest BCUT2D eigenvalue weighted by molar-refractivity contribution is 6.33. The van der Waals surface area contributed by atoms with Crippen LogP contribution in [0.15, 0.2) is 72.8 Å². The van der Waals surface area contributed by atoms with Crippen molar-refractivity contribution in [1.82, 2.24) is 10.2 Å². The number of carbonyl (C=O) groups is 2. The van der Waals surface area contributed by atoms with Gasteiger partial charge < -0.3 is 10.4 Å². The smallest absolute Gasteiger partial charge is 0.326 e. The van der Waals surface area contributed by atoms with E-state index in [1.807, 2.05) is 36.4 Å². The fraction of sp³-hybridized carbons (Fsp3) is 0.310. The van der Waals surface area contributed by atoms with Crippen molar-refractivity contribution in [2.24, 2.45) is 5.92 Å². The molecule has 194 valence electrons. The number of nitrogens with one attached hydrogen (secondary N) is 1. The van der Waals surface area contributed by atoms with E-state index in [1.54, 1.807) is 24.3 Å². The summed E-state index contributed by atoms with van der Waals surface area (Å²) in [4.78, 5) is 31.2. The first-order chi connectivity index (χ1) is 17.9. The minimum atomic E-state index is -1.11. The number of aliphatic carboxylic acids is 1. The van der Waals surface area contributed by atoms with E-state index < -0.39 is 17.9 Å². The molecule has 8 heteroatoms. The molecule has 1 unspecified atom stereocenters. The number of benzene rings is 3. The van der Waals surface area contributed by atoms with Crippen LogP contribution in [0.5, 0.6) is 0 Å². The number of carbonyl (C=O) groups excluding carboxylic acids is 1. The molecule has 1 aliphatic rings. The second kappa shape index (κ2) is 12.8. The lowest BCUT2D eigenvalue weighted by atomic mass is 9.95. The molecule has 0 aliphatic carbocycles. The Labute approximate surface area is 221 Å². The summed E-state index contributed by atoms with van der Waals surface area (Å²) in [5.41, 5.74) is 4.46. The van der Waals surface area contributed by atoms with Gasteiger partial charge in [0.2, 0.25) is 0 Å². The molecule has 3 N–H and O–H groups in total. The first-order valence-electron chi connectivity index (χ1n) is 12.4. The van der Waals surface area contributed by atoms with Gasteiger partial charge in [-0.15, -0.1) is 0 Å². The summed E-state index contributed by atoms with van der Waals surface area (Å²) in [6, 6.07) is 21.6. The topological polar surface area (TPSA) is 99.1 Å². The average molecular weight is 523 g/mol. The molecule has 1 saturated heterocycles. The summed E-state index contributed by atoms with van der Waals surface area (Å²) in [6.45, 7) is 3.14. The Balaban J connectivity index is 1.42. The molecular formula is C29H31ClN2O5. The average Bonchev–Trinajstić information content (AvgIpc) is 2.90. The maximum Gasteiger partial charge on any atom is 0.326 e. The number of piperidine rings is 1. The van der Waals surface area contributed by atoms with Crippen LogP contribution in [0, 0.1) is 5.92 Å². The van der Waals surface area contributed by atoms with Gasteiger partial charge in [0, 0.05) is 13.0 Å². The monoisotopic (exact) mass is 522 g/mol. The zero-order valence-corrected chi connectivity index (χ0v) is 21.2. The van der Waals surface area contributed by atoms with Crippen LogP contribution < -0.4 is 5.32 Å². The van der Waals surface area contributed by atoms with Crippen molar-refractivity contribution >= 4 is 23.5 Å². The Morgan fingerprint density at radius 2 is 1.68 bits per heavy atom. The zero-order valence-electron chi connectivity index (χ0n) is 20.5. The van der Waals surface area contributed by atoms with Crippen molar-refractivity contribution in [3.05, 3.63) is 94.5 Å². The summed E-state index contributed by atoms with van der Waals surface area (Å²) in [7, 11) is 0. The van der Waals surface area contributed by atoms with Crippen molar-refractivity contribution in [1.29, 1.82) is 0 Å². The molecular weight excluding hydrogens is 492 g/mol. The maximum atomic E-state index is 12.6. The largest absolute Gasteiger partial charge is 0.480 e. The van der Waals surface area contributed by atoms with Gasteiger partial charge in [-0.3, -0.25) is 15.0 Å². The number of nitrogens with zero attached hydrogens (tertiary/aromatic N) is 1. The summed E-state index contributed by atoms with van der Waals surface area (Å²) in [5.74, 6) is -1.23. The maximum absolute atomic E-state index is 12.6. The summed E-state index contributed by atoms with van der Waals surface area (Å²) >= 11 is 6.09. The predicted octanol–water partition coefficient (Wildman–Crippen LogP) is 5.13. The van der Waals surface area contributed by atoms with E-state index in [0.29, 0.717) is 12.5 Å². The Bertz CT molecular complexity index is 1210. The van der Waals surface area contributed by atoms with Crippen LogP contribution in [0.4, 0.5) is 0 Å². The summed E-state index contributed by atoms with van der Waals surface area (Å²) < 4.78 is 0. The Morgan fingerprint density at radius 1 is 1.00 bits per heavy atom. The van der Waals surface area contributed by atoms with E-state index in [9.17, 15) is 14.7 Å². The lowest BCUT2D eigenvalue weighted by Gasteiger charge is -2.31. The number of hydrogen-bond donors (Lipinski definition) is 3. The third-order valence-corrected chi connectivity index (χ3v) is 7.18. The summed E-state index contributed by atoms with van der Waals surface area (Å²) in [6.07, 6.45) is 2.14. The number of hydrogen-bond acceptors (Lipinski definition) is 5. The highest BCUT2D eigenvalue weighted by Gasteiger charge is 2.23. The fourth-order valence-corrected chi connectivity index (χ4v) is 4.96. The first-order valence-corrected chi connectivity index (χ1v) is 12.8. The van der Waals surface area contributed by atoms with Crippen LogP contribution >= 0.6 is 11.6 Å². The Hall–Kier alpha value is -3.23. The molecule has 1 amide bonds. The highest BCUT2D eigenvalue weighted by Crippen LogP contribution is 2.27. The van der Waals surface area contributed by atoms with Crippen LogP contribution in [0.3, 0.4) is 0 Å². The number of likely N-dealkylation sites (tertiary alicyclic amines) is 1. The second-order valence-corrected chi connectivity index (χ2v) is 9.82. The van der Waals surface area contributed by atoms with Crippen molar-refractivity contribution in [2.75, 3.05) is 19.7 Å². The summed E-state index contributed by atoms with van der Waals surface area (Å²) in [5, 5.41) is 21.3. The van der Waals surface area contributed by atoms with Gasteiger partial charge in [-0.2, -0.15) is 0 Å². The van der Waals surface area contributed by atoms with Gasteiger partial charge in [-0.05, 0) is 66.2 Å². The number of rotatable bonds is 10. The molecule has 0 aromatic heterocycles. The normalized spacial score (nSPS) is 15.3. The zero-order chi connectivity index (χ0) is 26.2. The minimum Gasteiger partial charge on any atom is -0.480 e. The third kappa shape index (κ3) is 7.17. The highest BCUT2D eigenvalue weighted by atomic mass is 35.5. The number of carboxylic acid groups (broad SMARTS) is 1. The van der Waals surface area contributed by atoms with Gasteiger partial charge in [0.05, 0.1) is 17.2 Å². The second-order valence-electron chi connectivity index (χ2n) is 9.42. The van der Waals surface area contributed by atoms with Crippen molar-refractivity contribution in [3.8, 4) is 11.1 Å². The standard InChI is InChI=1S/C29H31ClN2O5/c30-26-8-4-3-7-25(26)28(33)31-27(29(34)35)17-20-9-11-22(12-10-20)24-6-2-1-5-23(24)18-32-15-13-21(14-16-32)19-37-36/h1-12,21,27,36H,13-19H2,(H,31,33)(H,34,35). The first kappa shape index (κ1) is 26.8. The third-order valence-electron chi connectivity index (χ3n) is 6.86. The Morgan fingerprint density at radius 3 is 2.35 bits per heavy atom. The molecule has 1 atom stereocenters. The Kier molecular flexibility index (Phi) is 9.30. The van der Waals surface area contributed by atoms with Crippen molar-refractivity contribution in [3.63, 3.8) is 0 Å². The van der Waals surface area contributed by atoms with Crippen LogP contribution in [0.2, 0.25) is 5.02 Å². The molecule has 1 aliphatic heterocycles. The van der Waals surface area contributed by atoms with E-state index in [-0.39, 0.29) is 17.0 Å². The van der Waals surface area contributed by atoms with Crippen LogP contribution in [0.1, 0.15) is 34.3 Å². The van der Waals surface area contributed by atoms with Gasteiger partial charge in [-0.25, -0.2) is 9.68 Å². The molecule has 0 bridgehead atoms. The lowest BCUT2D eigenvalue weighted by Crippen LogP contribution is -2.42. The number of carboxylic acids is 1. The molecule has 1 heterocycles.